The molecule has 4 heteroatoms. The Labute approximate surface area is 138 Å². The van der Waals surface area contributed by atoms with E-state index in [9.17, 15) is 0 Å². The molecule has 0 saturated carbocycles. The first-order valence-corrected chi connectivity index (χ1v) is 7.36. The van der Waals surface area contributed by atoms with Gasteiger partial charge in [-0.1, -0.05) is 29.0 Å². The van der Waals surface area contributed by atoms with E-state index in [0.717, 1.165) is 10.9 Å². The minimum atomic E-state index is 0. The van der Waals surface area contributed by atoms with Crippen molar-refractivity contribution in [1.82, 2.24) is 4.52 Å². The van der Waals surface area contributed by atoms with Crippen molar-refractivity contribution in [3.8, 4) is 0 Å². The van der Waals surface area contributed by atoms with Gasteiger partial charge in [0, 0.05) is 20.1 Å². The molecule has 2 aromatic carbocycles. The number of para-hydroxylation sites is 2. The molecular formula is C17H9IrN2S-. The molecule has 2 nitrogen and oxygen atoms in total. The second kappa shape index (κ2) is 4.63. The van der Waals surface area contributed by atoms with Gasteiger partial charge < -0.3 is 0 Å². The summed E-state index contributed by atoms with van der Waals surface area (Å²) >= 11 is 1.74. The van der Waals surface area contributed by atoms with Gasteiger partial charge in [0.2, 0.25) is 0 Å². The summed E-state index contributed by atoms with van der Waals surface area (Å²) in [5.41, 5.74) is 2.27. The molecule has 1 radical (unpaired) electrons. The van der Waals surface area contributed by atoms with Gasteiger partial charge in [-0.25, -0.2) is 0 Å². The normalized spacial score (nSPS) is 11.4. The van der Waals surface area contributed by atoms with E-state index in [0.29, 0.717) is 0 Å². The summed E-state index contributed by atoms with van der Waals surface area (Å²) in [7, 11) is 0. The predicted molar refractivity (Wildman–Crippen MR) is 81.1 cm³/mol. The Morgan fingerprint density at radius 1 is 1.00 bits per heavy atom. The Kier molecular flexibility index (Phi) is 2.86. The fourth-order valence-electron chi connectivity index (χ4n) is 2.89. The minimum Gasteiger partial charge on any atom is -0.182 e. The van der Waals surface area contributed by atoms with Crippen LogP contribution in [0.25, 0.3) is 32.0 Å². The topological polar surface area (TPSA) is 8.51 Å². The Hall–Kier alpha value is -1.74. The van der Waals surface area contributed by atoms with E-state index in [1.165, 1.54) is 21.1 Å². The van der Waals surface area contributed by atoms with Crippen LogP contribution in [-0.4, -0.2) is 4.52 Å². The zero-order chi connectivity index (χ0) is 13.1. The van der Waals surface area contributed by atoms with Crippen LogP contribution in [-0.2, 0) is 20.1 Å². The molecular weight excluding hydrogens is 456 g/mol. The Morgan fingerprint density at radius 3 is 2.81 bits per heavy atom. The number of hydrogen-bond donors (Lipinski definition) is 0. The molecule has 0 aliphatic rings. The van der Waals surface area contributed by atoms with Crippen molar-refractivity contribution < 1.29 is 24.6 Å². The molecule has 0 aliphatic heterocycles. The van der Waals surface area contributed by atoms with Crippen molar-refractivity contribution in [2.24, 2.45) is 0 Å². The average molecular weight is 466 g/mol. The number of benzene rings is 2. The number of fused-ring (bicyclic) bond motifs is 8. The molecule has 5 aromatic rings. The first-order chi connectivity index (χ1) is 9.93. The second-order valence-electron chi connectivity index (χ2n) is 4.82. The summed E-state index contributed by atoms with van der Waals surface area (Å²) in [5, 5.41) is 5.72. The molecule has 5 rings (SSSR count). The van der Waals surface area contributed by atoms with Crippen molar-refractivity contribution in [2.75, 3.05) is 0 Å². The van der Waals surface area contributed by atoms with Crippen molar-refractivity contribution in [2.45, 2.75) is 0 Å². The Bertz CT molecular complexity index is 1070. The van der Waals surface area contributed by atoms with E-state index >= 15 is 0 Å². The van der Waals surface area contributed by atoms with Crippen molar-refractivity contribution in [1.29, 1.82) is 0 Å². The fourth-order valence-corrected chi connectivity index (χ4v) is 3.74. The van der Waals surface area contributed by atoms with Gasteiger partial charge in [-0.2, -0.15) is 44.6 Å². The van der Waals surface area contributed by atoms with E-state index in [-0.39, 0.29) is 20.1 Å². The molecule has 0 saturated heterocycles. The molecule has 0 fully saturated rings. The molecule has 0 atom stereocenters. The summed E-state index contributed by atoms with van der Waals surface area (Å²) in [6.45, 7) is 0. The third kappa shape index (κ3) is 1.64. The zero-order valence-electron chi connectivity index (χ0n) is 10.8. The Balaban J connectivity index is 0.00000115. The zero-order valence-corrected chi connectivity index (χ0v) is 14.0. The van der Waals surface area contributed by atoms with Gasteiger partial charge >= 0.3 is 0 Å². The molecule has 0 bridgehead atoms. The molecule has 0 N–H and O–H groups in total. The van der Waals surface area contributed by atoms with Gasteiger partial charge in [0.15, 0.2) is 6.20 Å². The number of hydrogen-bond acceptors (Lipinski definition) is 1. The monoisotopic (exact) mass is 466 g/mol. The third-order valence-corrected chi connectivity index (χ3v) is 4.62. The maximum absolute atomic E-state index is 3.45. The number of rotatable bonds is 0. The summed E-state index contributed by atoms with van der Waals surface area (Å²) < 4.78 is 4.31. The van der Waals surface area contributed by atoms with E-state index in [1.807, 2.05) is 12.1 Å². The van der Waals surface area contributed by atoms with E-state index in [2.05, 4.69) is 63.1 Å². The molecule has 3 aromatic heterocycles. The maximum atomic E-state index is 3.45. The summed E-state index contributed by atoms with van der Waals surface area (Å²) in [6.07, 6.45) is 3.45. The van der Waals surface area contributed by atoms with Crippen LogP contribution >= 0.6 is 11.3 Å². The van der Waals surface area contributed by atoms with Crippen molar-refractivity contribution in [3.63, 3.8) is 0 Å². The van der Waals surface area contributed by atoms with Crippen molar-refractivity contribution in [3.05, 3.63) is 66.2 Å². The quantitative estimate of drug-likeness (QED) is 0.188. The second-order valence-corrected chi connectivity index (χ2v) is 5.72. The largest absolute Gasteiger partial charge is 0.186 e. The van der Waals surface area contributed by atoms with Gasteiger partial charge in [-0.15, -0.1) is 6.07 Å². The van der Waals surface area contributed by atoms with Gasteiger partial charge in [-0.3, -0.25) is 0 Å². The molecule has 103 valence electrons. The molecule has 3 heterocycles. The molecule has 0 spiro atoms. The van der Waals surface area contributed by atoms with Crippen LogP contribution in [0.4, 0.5) is 0 Å². The smallest absolute Gasteiger partial charge is 0.182 e. The first kappa shape index (κ1) is 13.0. The standard InChI is InChI=1S/C17H9N2S.Ir/c1-3-7-15-13(5-1)14-6-2-4-8-16(14)19-17-12(9-10-20-17)11-18(15)19;/h1-6,8-10H;/q-1;. The summed E-state index contributed by atoms with van der Waals surface area (Å²) in [5.74, 6) is 0. The number of thiophene rings is 1. The van der Waals surface area contributed by atoms with Crippen LogP contribution in [0.5, 0.6) is 0 Å². The van der Waals surface area contributed by atoms with E-state index < -0.39 is 0 Å². The van der Waals surface area contributed by atoms with Crippen LogP contribution in [0.2, 0.25) is 0 Å². The SMILES string of the molecule is [Ir].[c-]1cccc2c3ccccc3n3c4sccc4[c-][n+]3c12. The van der Waals surface area contributed by atoms with Crippen LogP contribution in [0.3, 0.4) is 0 Å². The van der Waals surface area contributed by atoms with Crippen LogP contribution in [0.1, 0.15) is 0 Å². The van der Waals surface area contributed by atoms with Gasteiger partial charge in [-0.05, 0) is 16.8 Å². The van der Waals surface area contributed by atoms with Crippen LogP contribution in [0.15, 0.2) is 53.9 Å². The number of nitrogens with zero attached hydrogens (tertiary/aromatic N) is 2. The van der Waals surface area contributed by atoms with Crippen molar-refractivity contribution >= 4 is 43.4 Å². The molecule has 21 heavy (non-hydrogen) atoms. The number of aromatic nitrogens is 2. The predicted octanol–water partition coefficient (Wildman–Crippen LogP) is 3.64. The van der Waals surface area contributed by atoms with E-state index in [1.54, 1.807) is 11.3 Å². The summed E-state index contributed by atoms with van der Waals surface area (Å²) in [6, 6.07) is 20.1. The van der Waals surface area contributed by atoms with Gasteiger partial charge in [0.25, 0.3) is 0 Å². The molecule has 0 aliphatic carbocycles. The average Bonchev–Trinajstić information content (AvgIpc) is 3.08. The van der Waals surface area contributed by atoms with Crippen LogP contribution in [0, 0.1) is 12.3 Å². The van der Waals surface area contributed by atoms with Gasteiger partial charge in [0.1, 0.15) is 0 Å². The first-order valence-electron chi connectivity index (χ1n) is 6.48. The minimum absolute atomic E-state index is 0. The Morgan fingerprint density at radius 2 is 1.86 bits per heavy atom. The third-order valence-electron chi connectivity index (χ3n) is 3.73. The van der Waals surface area contributed by atoms with Gasteiger partial charge in [0.05, 0.1) is 15.9 Å². The van der Waals surface area contributed by atoms with E-state index in [4.69, 9.17) is 0 Å². The van der Waals surface area contributed by atoms with Crippen LogP contribution < -0.4 is 4.52 Å². The molecule has 0 unspecified atom stereocenters. The molecule has 0 amide bonds. The maximum Gasteiger partial charge on any atom is 0.186 e. The summed E-state index contributed by atoms with van der Waals surface area (Å²) in [4.78, 5) is 1.22. The fraction of sp³-hybridized carbons (Fsp3) is 0.